The number of nitrogens with one attached hydrogen (secondary N) is 1. The van der Waals surface area contributed by atoms with Crippen molar-refractivity contribution in [3.63, 3.8) is 0 Å². The van der Waals surface area contributed by atoms with Gasteiger partial charge in [0.15, 0.2) is 0 Å². The zero-order chi connectivity index (χ0) is 14.8. The molecule has 0 radical (unpaired) electrons. The van der Waals surface area contributed by atoms with E-state index in [-0.39, 0.29) is 0 Å². The van der Waals surface area contributed by atoms with Gasteiger partial charge in [0, 0.05) is 25.2 Å². The Hall–Kier alpha value is -0.390. The third kappa shape index (κ3) is 3.10. The van der Waals surface area contributed by atoms with Crippen molar-refractivity contribution in [3.8, 4) is 0 Å². The van der Waals surface area contributed by atoms with Crippen LogP contribution in [0, 0.1) is 6.92 Å². The summed E-state index contributed by atoms with van der Waals surface area (Å²) in [4.78, 5) is 2.41. The van der Waals surface area contributed by atoms with E-state index in [1.54, 1.807) is 0 Å². The van der Waals surface area contributed by atoms with E-state index in [0.717, 1.165) is 29.8 Å². The highest BCUT2D eigenvalue weighted by Crippen LogP contribution is 2.33. The van der Waals surface area contributed by atoms with Gasteiger partial charge in [-0.1, -0.05) is 12.8 Å². The van der Waals surface area contributed by atoms with Gasteiger partial charge in [-0.25, -0.2) is 0 Å². The maximum atomic E-state index is 4.55. The fourth-order valence-corrected chi connectivity index (χ4v) is 3.69. The number of aromatic nitrogens is 2. The normalized spacial score (nSPS) is 18.1. The molecule has 20 heavy (non-hydrogen) atoms. The molecule has 1 N–H and O–H groups in total. The van der Waals surface area contributed by atoms with Gasteiger partial charge in [-0.15, -0.1) is 0 Å². The first-order valence-electron chi connectivity index (χ1n) is 7.60. The number of likely N-dealkylation sites (N-methyl/N-ethyl adjacent to an activating group) is 1. The molecule has 2 rings (SSSR count). The van der Waals surface area contributed by atoms with Crippen LogP contribution in [0.3, 0.4) is 0 Å². The van der Waals surface area contributed by atoms with Gasteiger partial charge in [-0.05, 0) is 56.7 Å². The maximum Gasteiger partial charge on any atom is 0.0739 e. The van der Waals surface area contributed by atoms with Crippen LogP contribution in [-0.4, -0.2) is 40.9 Å². The number of nitrogens with zero attached hydrogens (tertiary/aromatic N) is 3. The predicted octanol–water partition coefficient (Wildman–Crippen LogP) is 2.94. The number of rotatable bonds is 6. The van der Waals surface area contributed by atoms with Gasteiger partial charge in [0.05, 0.1) is 15.9 Å². The van der Waals surface area contributed by atoms with Crippen molar-refractivity contribution in [3.05, 3.63) is 15.9 Å². The average Bonchev–Trinajstić information content (AvgIpc) is 2.99. The fraction of sp³-hybridized carbons (Fsp3) is 0.800. The number of hydrogen-bond acceptors (Lipinski definition) is 3. The molecule has 0 saturated heterocycles. The third-order valence-electron chi connectivity index (χ3n) is 4.68. The zero-order valence-electron chi connectivity index (χ0n) is 13.2. The highest BCUT2D eigenvalue weighted by atomic mass is 79.9. The first-order valence-corrected chi connectivity index (χ1v) is 8.39. The van der Waals surface area contributed by atoms with Crippen LogP contribution < -0.4 is 5.32 Å². The first kappa shape index (κ1) is 16.0. The summed E-state index contributed by atoms with van der Waals surface area (Å²) in [6, 6.07) is 0. The monoisotopic (exact) mass is 342 g/mol. The average molecular weight is 343 g/mol. The van der Waals surface area contributed by atoms with Gasteiger partial charge in [-0.2, -0.15) is 5.10 Å². The predicted molar refractivity (Wildman–Crippen MR) is 86.9 cm³/mol. The fourth-order valence-electron chi connectivity index (χ4n) is 3.27. The van der Waals surface area contributed by atoms with E-state index in [4.69, 9.17) is 0 Å². The molecule has 0 unspecified atom stereocenters. The molecule has 0 amide bonds. The molecular formula is C15H27BrN4. The molecule has 1 aliphatic carbocycles. The van der Waals surface area contributed by atoms with Crippen molar-refractivity contribution < 1.29 is 0 Å². The topological polar surface area (TPSA) is 33.1 Å². The van der Waals surface area contributed by atoms with Crippen LogP contribution in [0.5, 0.6) is 0 Å². The van der Waals surface area contributed by atoms with Crippen LogP contribution in [0.1, 0.15) is 44.0 Å². The second-order valence-corrected chi connectivity index (χ2v) is 6.88. The minimum atomic E-state index is 0.346. The summed E-state index contributed by atoms with van der Waals surface area (Å²) in [5, 5.41) is 8.21. The molecule has 0 atom stereocenters. The highest BCUT2D eigenvalue weighted by Gasteiger charge is 2.35. The van der Waals surface area contributed by atoms with E-state index in [9.17, 15) is 0 Å². The van der Waals surface area contributed by atoms with Crippen LogP contribution >= 0.6 is 15.9 Å². The Kier molecular flexibility index (Phi) is 5.26. The van der Waals surface area contributed by atoms with Crippen LogP contribution in [0.15, 0.2) is 4.47 Å². The van der Waals surface area contributed by atoms with Crippen LogP contribution in [-0.2, 0) is 13.1 Å². The maximum absolute atomic E-state index is 4.55. The van der Waals surface area contributed by atoms with E-state index < -0.39 is 0 Å². The van der Waals surface area contributed by atoms with Gasteiger partial charge in [0.2, 0.25) is 0 Å². The Balaban J connectivity index is 1.99. The van der Waals surface area contributed by atoms with Crippen molar-refractivity contribution in [1.29, 1.82) is 0 Å². The highest BCUT2D eigenvalue weighted by molar-refractivity contribution is 9.10. The smallest absolute Gasteiger partial charge is 0.0739 e. The Morgan fingerprint density at radius 3 is 2.55 bits per heavy atom. The molecule has 114 valence electrons. The quantitative estimate of drug-likeness (QED) is 0.862. The second kappa shape index (κ2) is 6.58. The second-order valence-electron chi connectivity index (χ2n) is 6.09. The number of halogens is 1. The standard InChI is InChI=1S/C15H27BrN4/c1-5-20-13(14(16)12(2)18-20)10-17-11-15(19(3)4)8-6-7-9-15/h17H,5-11H2,1-4H3. The van der Waals surface area contributed by atoms with E-state index in [0.29, 0.717) is 5.54 Å². The molecule has 1 aromatic heterocycles. The van der Waals surface area contributed by atoms with Gasteiger partial charge >= 0.3 is 0 Å². The van der Waals surface area contributed by atoms with E-state index in [1.807, 2.05) is 0 Å². The first-order chi connectivity index (χ1) is 9.50. The third-order valence-corrected chi connectivity index (χ3v) is 5.71. The Morgan fingerprint density at radius 2 is 2.00 bits per heavy atom. The van der Waals surface area contributed by atoms with Crippen LogP contribution in [0.2, 0.25) is 0 Å². The molecule has 1 aliphatic rings. The summed E-state index contributed by atoms with van der Waals surface area (Å²) in [7, 11) is 4.42. The summed E-state index contributed by atoms with van der Waals surface area (Å²) < 4.78 is 3.24. The molecule has 1 aromatic rings. The lowest BCUT2D eigenvalue weighted by molar-refractivity contribution is 0.153. The SMILES string of the molecule is CCn1nc(C)c(Br)c1CNCC1(N(C)C)CCCC1. The molecule has 1 fully saturated rings. The van der Waals surface area contributed by atoms with Gasteiger partial charge < -0.3 is 10.2 Å². The summed E-state index contributed by atoms with van der Waals surface area (Å²) in [6.45, 7) is 7.05. The van der Waals surface area contributed by atoms with Crippen molar-refractivity contribution >= 4 is 15.9 Å². The van der Waals surface area contributed by atoms with Crippen LogP contribution in [0.25, 0.3) is 0 Å². The number of aryl methyl sites for hydroxylation is 2. The zero-order valence-corrected chi connectivity index (χ0v) is 14.8. The summed E-state index contributed by atoms with van der Waals surface area (Å²) >= 11 is 3.66. The Bertz CT molecular complexity index is 447. The molecule has 4 nitrogen and oxygen atoms in total. The van der Waals surface area contributed by atoms with E-state index >= 15 is 0 Å². The molecule has 1 saturated carbocycles. The molecule has 5 heteroatoms. The van der Waals surface area contributed by atoms with E-state index in [1.165, 1.54) is 31.4 Å². The van der Waals surface area contributed by atoms with Gasteiger partial charge in [0.1, 0.15) is 0 Å². The lowest BCUT2D eigenvalue weighted by atomic mass is 9.96. The van der Waals surface area contributed by atoms with Crippen molar-refractivity contribution in [2.45, 2.75) is 58.2 Å². The van der Waals surface area contributed by atoms with E-state index in [2.05, 4.69) is 63.9 Å². The molecule has 0 spiro atoms. The van der Waals surface area contributed by atoms with Crippen LogP contribution in [0.4, 0.5) is 0 Å². The minimum absolute atomic E-state index is 0.346. The van der Waals surface area contributed by atoms with Gasteiger partial charge in [0.25, 0.3) is 0 Å². The Morgan fingerprint density at radius 1 is 1.35 bits per heavy atom. The van der Waals surface area contributed by atoms with Gasteiger partial charge in [-0.3, -0.25) is 4.68 Å². The summed E-state index contributed by atoms with van der Waals surface area (Å²) in [6.07, 6.45) is 5.32. The lowest BCUT2D eigenvalue weighted by Crippen LogP contribution is -2.49. The van der Waals surface area contributed by atoms with Crippen molar-refractivity contribution in [2.75, 3.05) is 20.6 Å². The Labute approximate surface area is 131 Å². The molecular weight excluding hydrogens is 316 g/mol. The van der Waals surface area contributed by atoms with Crippen molar-refractivity contribution in [2.24, 2.45) is 0 Å². The summed E-state index contributed by atoms with van der Waals surface area (Å²) in [5.41, 5.74) is 2.68. The molecule has 0 aromatic carbocycles. The molecule has 0 bridgehead atoms. The summed E-state index contributed by atoms with van der Waals surface area (Å²) in [5.74, 6) is 0. The lowest BCUT2D eigenvalue weighted by Gasteiger charge is -2.36. The van der Waals surface area contributed by atoms with Crippen molar-refractivity contribution in [1.82, 2.24) is 20.0 Å². The minimum Gasteiger partial charge on any atom is -0.309 e. The molecule has 1 heterocycles. The number of hydrogen-bond donors (Lipinski definition) is 1. The largest absolute Gasteiger partial charge is 0.309 e. The molecule has 0 aliphatic heterocycles.